The number of rotatable bonds is 5. The molecule has 104 valence electrons. The fourth-order valence-electron chi connectivity index (χ4n) is 2.32. The van der Waals surface area contributed by atoms with Gasteiger partial charge in [-0.2, -0.15) is 5.10 Å². The first-order valence-electron chi connectivity index (χ1n) is 7.04. The number of hydrogen-bond acceptors (Lipinski definition) is 2. The lowest BCUT2D eigenvalue weighted by Gasteiger charge is -2.16. The van der Waals surface area contributed by atoms with Gasteiger partial charge in [-0.1, -0.05) is 12.1 Å². The van der Waals surface area contributed by atoms with Gasteiger partial charge in [0.15, 0.2) is 0 Å². The van der Waals surface area contributed by atoms with Crippen LogP contribution in [0, 0.1) is 5.92 Å². The second-order valence-corrected chi connectivity index (χ2v) is 5.53. The Morgan fingerprint density at radius 1 is 1.35 bits per heavy atom. The van der Waals surface area contributed by atoms with E-state index < -0.39 is 0 Å². The Kier molecular flexibility index (Phi) is 3.54. The second kappa shape index (κ2) is 5.49. The van der Waals surface area contributed by atoms with E-state index in [0.29, 0.717) is 0 Å². The molecule has 2 aromatic rings. The first-order chi connectivity index (χ1) is 9.72. The molecule has 0 aliphatic heterocycles. The van der Waals surface area contributed by atoms with Crippen LogP contribution >= 0.6 is 0 Å². The van der Waals surface area contributed by atoms with Gasteiger partial charge in [-0.15, -0.1) is 0 Å². The van der Waals surface area contributed by atoms with Gasteiger partial charge in [0.05, 0.1) is 6.54 Å². The quantitative estimate of drug-likeness (QED) is 0.836. The van der Waals surface area contributed by atoms with Gasteiger partial charge < -0.3 is 4.90 Å². The van der Waals surface area contributed by atoms with Crippen LogP contribution in [0.3, 0.4) is 0 Å². The first-order valence-corrected chi connectivity index (χ1v) is 7.04. The summed E-state index contributed by atoms with van der Waals surface area (Å²) in [6.45, 7) is 1.62. The summed E-state index contributed by atoms with van der Waals surface area (Å²) in [7, 11) is 1.89. The third kappa shape index (κ3) is 3.07. The van der Waals surface area contributed by atoms with Gasteiger partial charge in [-0.25, -0.2) is 0 Å². The van der Waals surface area contributed by atoms with E-state index >= 15 is 0 Å². The molecule has 1 aliphatic carbocycles. The van der Waals surface area contributed by atoms with Crippen molar-refractivity contribution < 1.29 is 4.79 Å². The molecule has 4 heteroatoms. The predicted octanol–water partition coefficient (Wildman–Crippen LogP) is 2.41. The Labute approximate surface area is 119 Å². The van der Waals surface area contributed by atoms with Crippen molar-refractivity contribution in [1.82, 2.24) is 14.7 Å². The van der Waals surface area contributed by atoms with Gasteiger partial charge in [0, 0.05) is 31.5 Å². The van der Waals surface area contributed by atoms with Crippen LogP contribution in [0.25, 0.3) is 0 Å². The molecule has 0 unspecified atom stereocenters. The highest BCUT2D eigenvalue weighted by Gasteiger charge is 2.25. The minimum absolute atomic E-state index is 0.113. The molecule has 0 saturated heterocycles. The molecule has 1 aromatic carbocycles. The van der Waals surface area contributed by atoms with Crippen molar-refractivity contribution in [3.8, 4) is 0 Å². The van der Waals surface area contributed by atoms with E-state index in [4.69, 9.17) is 0 Å². The molecule has 1 amide bonds. The average Bonchev–Trinajstić information content (AvgIpc) is 3.12. The highest BCUT2D eigenvalue weighted by atomic mass is 16.2. The van der Waals surface area contributed by atoms with Crippen LogP contribution in [-0.4, -0.2) is 34.2 Å². The lowest BCUT2D eigenvalue weighted by atomic mass is 10.1. The average molecular weight is 269 g/mol. The zero-order valence-electron chi connectivity index (χ0n) is 11.7. The summed E-state index contributed by atoms with van der Waals surface area (Å²) >= 11 is 0. The summed E-state index contributed by atoms with van der Waals surface area (Å²) in [4.78, 5) is 14.1. The highest BCUT2D eigenvalue weighted by molar-refractivity contribution is 5.94. The Morgan fingerprint density at radius 3 is 2.70 bits per heavy atom. The zero-order valence-corrected chi connectivity index (χ0v) is 11.7. The van der Waals surface area contributed by atoms with Gasteiger partial charge in [0.2, 0.25) is 0 Å². The van der Waals surface area contributed by atoms with Crippen molar-refractivity contribution in [1.29, 1.82) is 0 Å². The largest absolute Gasteiger partial charge is 0.341 e. The van der Waals surface area contributed by atoms with Gasteiger partial charge in [0.25, 0.3) is 5.91 Å². The van der Waals surface area contributed by atoms with E-state index in [2.05, 4.69) is 5.10 Å². The SMILES string of the molecule is CN(CC1CC1)C(=O)c1ccc(Cn2cccn2)cc1. The summed E-state index contributed by atoms with van der Waals surface area (Å²) in [5.41, 5.74) is 1.91. The molecule has 0 spiro atoms. The topological polar surface area (TPSA) is 38.1 Å². The first kappa shape index (κ1) is 12.9. The number of aromatic nitrogens is 2. The summed E-state index contributed by atoms with van der Waals surface area (Å²) in [5, 5.41) is 4.18. The third-order valence-corrected chi connectivity index (χ3v) is 3.68. The van der Waals surface area contributed by atoms with E-state index in [1.54, 1.807) is 6.20 Å². The molecule has 1 saturated carbocycles. The maximum atomic E-state index is 12.2. The van der Waals surface area contributed by atoms with Crippen molar-refractivity contribution >= 4 is 5.91 Å². The van der Waals surface area contributed by atoms with Crippen molar-refractivity contribution in [3.05, 3.63) is 53.9 Å². The number of hydrogen-bond donors (Lipinski definition) is 0. The maximum absolute atomic E-state index is 12.2. The molecule has 0 radical (unpaired) electrons. The van der Waals surface area contributed by atoms with E-state index in [-0.39, 0.29) is 5.91 Å². The van der Waals surface area contributed by atoms with Crippen molar-refractivity contribution in [2.45, 2.75) is 19.4 Å². The Hall–Kier alpha value is -2.10. The van der Waals surface area contributed by atoms with Crippen molar-refractivity contribution in [3.63, 3.8) is 0 Å². The molecule has 1 heterocycles. The van der Waals surface area contributed by atoms with Crippen LogP contribution in [0.15, 0.2) is 42.7 Å². The normalized spacial score (nSPS) is 14.2. The van der Waals surface area contributed by atoms with Crippen LogP contribution in [-0.2, 0) is 6.54 Å². The molecule has 1 aliphatic rings. The molecular formula is C16H19N3O. The summed E-state index contributed by atoms with van der Waals surface area (Å²) in [6.07, 6.45) is 6.23. The zero-order chi connectivity index (χ0) is 13.9. The monoisotopic (exact) mass is 269 g/mol. The summed E-state index contributed by atoms with van der Waals surface area (Å²) in [6, 6.07) is 9.72. The lowest BCUT2D eigenvalue weighted by molar-refractivity contribution is 0.0788. The number of amides is 1. The molecule has 20 heavy (non-hydrogen) atoms. The minimum atomic E-state index is 0.113. The molecule has 0 N–H and O–H groups in total. The Balaban J connectivity index is 1.64. The molecule has 4 nitrogen and oxygen atoms in total. The van der Waals surface area contributed by atoms with Gasteiger partial charge >= 0.3 is 0 Å². The Bertz CT molecular complexity index is 570. The molecule has 1 aromatic heterocycles. The fourth-order valence-corrected chi connectivity index (χ4v) is 2.32. The van der Waals surface area contributed by atoms with Crippen LogP contribution in [0.5, 0.6) is 0 Å². The van der Waals surface area contributed by atoms with E-state index in [0.717, 1.165) is 30.1 Å². The molecule has 3 rings (SSSR count). The molecule has 0 bridgehead atoms. The van der Waals surface area contributed by atoms with E-state index in [1.807, 2.05) is 53.2 Å². The molecular weight excluding hydrogens is 250 g/mol. The van der Waals surface area contributed by atoms with Crippen LogP contribution in [0.2, 0.25) is 0 Å². The second-order valence-electron chi connectivity index (χ2n) is 5.53. The minimum Gasteiger partial charge on any atom is -0.341 e. The highest BCUT2D eigenvalue weighted by Crippen LogP contribution is 2.29. The van der Waals surface area contributed by atoms with Crippen LogP contribution in [0.1, 0.15) is 28.8 Å². The van der Waals surface area contributed by atoms with E-state index in [1.165, 1.54) is 12.8 Å². The van der Waals surface area contributed by atoms with E-state index in [9.17, 15) is 4.79 Å². The predicted molar refractivity (Wildman–Crippen MR) is 77.5 cm³/mol. The standard InChI is InChI=1S/C16H19N3O/c1-18(11-13-3-4-13)16(20)15-7-5-14(6-8-15)12-19-10-2-9-17-19/h2,5-10,13H,3-4,11-12H2,1H3. The maximum Gasteiger partial charge on any atom is 0.253 e. The van der Waals surface area contributed by atoms with Gasteiger partial charge in [-0.3, -0.25) is 9.48 Å². The van der Waals surface area contributed by atoms with Crippen molar-refractivity contribution in [2.75, 3.05) is 13.6 Å². The molecule has 1 fully saturated rings. The van der Waals surface area contributed by atoms with Crippen LogP contribution in [0.4, 0.5) is 0 Å². The lowest BCUT2D eigenvalue weighted by Crippen LogP contribution is -2.28. The number of benzene rings is 1. The summed E-state index contributed by atoms with van der Waals surface area (Å²) in [5.74, 6) is 0.838. The summed E-state index contributed by atoms with van der Waals surface area (Å²) < 4.78 is 1.87. The number of carbonyl (C=O) groups is 1. The third-order valence-electron chi connectivity index (χ3n) is 3.68. The van der Waals surface area contributed by atoms with Gasteiger partial charge in [0.1, 0.15) is 0 Å². The van der Waals surface area contributed by atoms with Crippen LogP contribution < -0.4 is 0 Å². The fraction of sp³-hybridized carbons (Fsp3) is 0.375. The number of carbonyl (C=O) groups excluding carboxylic acids is 1. The Morgan fingerprint density at radius 2 is 2.10 bits per heavy atom. The smallest absolute Gasteiger partial charge is 0.253 e. The number of nitrogens with zero attached hydrogens (tertiary/aromatic N) is 3. The molecule has 0 atom stereocenters. The van der Waals surface area contributed by atoms with Gasteiger partial charge in [-0.05, 0) is 42.5 Å². The van der Waals surface area contributed by atoms with Crippen molar-refractivity contribution in [2.24, 2.45) is 5.92 Å².